The maximum Gasteiger partial charge on any atom is 0.460 e. The lowest BCUT2D eigenvalue weighted by molar-refractivity contribution is 0.101. The molecule has 0 spiro atoms. The predicted molar refractivity (Wildman–Crippen MR) is 146 cm³/mol. The first-order chi connectivity index (χ1) is 18.9. The van der Waals surface area contributed by atoms with Gasteiger partial charge in [-0.2, -0.15) is 10.1 Å². The number of halogens is 1. The van der Waals surface area contributed by atoms with E-state index in [1.807, 2.05) is 36.4 Å². The minimum absolute atomic E-state index is 0.115. The monoisotopic (exact) mass is 584 g/mol. The first-order valence-electron chi connectivity index (χ1n) is 11.6. The molecule has 3 aromatic heterocycles. The van der Waals surface area contributed by atoms with Crippen LogP contribution in [-0.2, 0) is 0 Å². The van der Waals surface area contributed by atoms with Gasteiger partial charge < -0.3 is 24.7 Å². The number of benzene rings is 3. The van der Waals surface area contributed by atoms with Gasteiger partial charge in [0.15, 0.2) is 17.3 Å². The Hall–Kier alpha value is -5.23. The molecule has 0 aliphatic heterocycles. The predicted octanol–water partition coefficient (Wildman–Crippen LogP) is 5.43. The van der Waals surface area contributed by atoms with Crippen LogP contribution in [0.5, 0.6) is 0 Å². The fraction of sp³-hybridized carbons (Fsp3) is 0. The zero-order chi connectivity index (χ0) is 26.9. The molecular weight excluding hydrogens is 568 g/mol. The van der Waals surface area contributed by atoms with Crippen LogP contribution in [0.1, 0.15) is 21.0 Å². The molecule has 11 nitrogen and oxygen atoms in total. The van der Waals surface area contributed by atoms with Crippen molar-refractivity contribution in [2.75, 3.05) is 10.6 Å². The highest BCUT2D eigenvalue weighted by molar-refractivity contribution is 9.10. The minimum Gasteiger partial charge on any atom is -0.355 e. The van der Waals surface area contributed by atoms with Crippen LogP contribution in [0.25, 0.3) is 33.6 Å². The molecule has 6 rings (SSSR count). The standard InChI is InChI=1S/C27H17BrN6O5/c28-16-9-10-18(17(12-16)24-32-27(37)39-34-24)30-25(35)20-11-15-7-4-8-19(23(15)29-20)31-26(36)21-13-22(38-33-21)14-5-2-1-3-6-14/h1-13,29H,(H,30,35)(H,31,36)(H,32,34,37). The second-order valence-electron chi connectivity index (χ2n) is 8.42. The fourth-order valence-electron chi connectivity index (χ4n) is 4.04. The summed E-state index contributed by atoms with van der Waals surface area (Å²) >= 11 is 3.38. The van der Waals surface area contributed by atoms with Crippen LogP contribution in [0, 0.1) is 0 Å². The normalized spacial score (nSPS) is 11.0. The van der Waals surface area contributed by atoms with Crippen molar-refractivity contribution in [3.8, 4) is 22.7 Å². The largest absolute Gasteiger partial charge is 0.460 e. The van der Waals surface area contributed by atoms with Crippen molar-refractivity contribution in [1.82, 2.24) is 20.3 Å². The summed E-state index contributed by atoms with van der Waals surface area (Å²) < 4.78 is 10.7. The summed E-state index contributed by atoms with van der Waals surface area (Å²) in [5, 5.41) is 12.7. The van der Waals surface area contributed by atoms with Crippen LogP contribution in [0.3, 0.4) is 0 Å². The van der Waals surface area contributed by atoms with Crippen molar-refractivity contribution >= 4 is 50.0 Å². The average Bonchev–Trinajstić information content (AvgIpc) is 3.70. The maximum atomic E-state index is 13.2. The summed E-state index contributed by atoms with van der Waals surface area (Å²) in [5.41, 5.74) is 3.04. The highest BCUT2D eigenvalue weighted by atomic mass is 79.9. The zero-order valence-electron chi connectivity index (χ0n) is 19.8. The Morgan fingerprint density at radius 2 is 1.69 bits per heavy atom. The third-order valence-electron chi connectivity index (χ3n) is 5.87. The number of hydrogen-bond donors (Lipinski definition) is 4. The quantitative estimate of drug-likeness (QED) is 0.203. The van der Waals surface area contributed by atoms with Crippen molar-refractivity contribution in [3.63, 3.8) is 0 Å². The molecule has 39 heavy (non-hydrogen) atoms. The lowest BCUT2D eigenvalue weighted by atomic mass is 10.1. The first-order valence-corrected chi connectivity index (χ1v) is 12.4. The highest BCUT2D eigenvalue weighted by Crippen LogP contribution is 2.30. The Kier molecular flexibility index (Phi) is 6.13. The molecular formula is C27H17BrN6O5. The van der Waals surface area contributed by atoms with Gasteiger partial charge in [0, 0.05) is 27.1 Å². The van der Waals surface area contributed by atoms with E-state index in [1.165, 1.54) is 0 Å². The van der Waals surface area contributed by atoms with Crippen LogP contribution >= 0.6 is 15.9 Å². The van der Waals surface area contributed by atoms with Gasteiger partial charge >= 0.3 is 5.76 Å². The van der Waals surface area contributed by atoms with E-state index in [-0.39, 0.29) is 17.2 Å². The molecule has 0 saturated heterocycles. The summed E-state index contributed by atoms with van der Waals surface area (Å²) in [7, 11) is 0. The van der Waals surface area contributed by atoms with Gasteiger partial charge in [0.25, 0.3) is 11.8 Å². The second-order valence-corrected chi connectivity index (χ2v) is 9.34. The Morgan fingerprint density at radius 3 is 2.49 bits per heavy atom. The van der Waals surface area contributed by atoms with Crippen LogP contribution in [-0.4, -0.2) is 32.1 Å². The molecule has 6 aromatic rings. The maximum absolute atomic E-state index is 13.2. The van der Waals surface area contributed by atoms with Gasteiger partial charge in [0.1, 0.15) is 5.69 Å². The van der Waals surface area contributed by atoms with Crippen molar-refractivity contribution in [3.05, 3.63) is 105 Å². The van der Waals surface area contributed by atoms with Gasteiger partial charge in [-0.1, -0.05) is 63.6 Å². The molecule has 3 aromatic carbocycles. The number of para-hydroxylation sites is 1. The molecule has 0 unspecified atom stereocenters. The van der Waals surface area contributed by atoms with Gasteiger partial charge in [0.05, 0.1) is 16.9 Å². The molecule has 0 radical (unpaired) electrons. The molecule has 0 fully saturated rings. The van der Waals surface area contributed by atoms with E-state index in [1.54, 1.807) is 42.5 Å². The molecule has 2 amide bonds. The number of fused-ring (bicyclic) bond motifs is 1. The number of amides is 2. The number of rotatable bonds is 6. The van der Waals surface area contributed by atoms with Crippen molar-refractivity contribution in [2.24, 2.45) is 0 Å². The van der Waals surface area contributed by atoms with E-state index in [2.05, 4.69) is 51.4 Å². The Bertz CT molecular complexity index is 1900. The van der Waals surface area contributed by atoms with Crippen LogP contribution in [0.15, 0.2) is 97.2 Å². The molecule has 0 aliphatic carbocycles. The fourth-order valence-corrected chi connectivity index (χ4v) is 4.41. The molecule has 4 N–H and O–H groups in total. The molecule has 0 saturated carbocycles. The number of aromatic amines is 2. The summed E-state index contributed by atoms with van der Waals surface area (Å²) in [6, 6.07) is 22.9. The van der Waals surface area contributed by atoms with Gasteiger partial charge in [-0.3, -0.25) is 9.59 Å². The highest BCUT2D eigenvalue weighted by Gasteiger charge is 2.19. The summed E-state index contributed by atoms with van der Waals surface area (Å²) in [6.45, 7) is 0. The van der Waals surface area contributed by atoms with Gasteiger partial charge in [-0.25, -0.2) is 4.79 Å². The van der Waals surface area contributed by atoms with E-state index in [4.69, 9.17) is 4.52 Å². The van der Waals surface area contributed by atoms with E-state index >= 15 is 0 Å². The van der Waals surface area contributed by atoms with E-state index < -0.39 is 17.6 Å². The van der Waals surface area contributed by atoms with E-state index in [0.717, 1.165) is 5.56 Å². The Balaban J connectivity index is 1.25. The topological polar surface area (TPSA) is 159 Å². The molecule has 12 heteroatoms. The molecule has 3 heterocycles. The molecule has 0 bridgehead atoms. The second kappa shape index (κ2) is 9.91. The van der Waals surface area contributed by atoms with Crippen molar-refractivity contribution < 1.29 is 18.6 Å². The average molecular weight is 585 g/mol. The van der Waals surface area contributed by atoms with Crippen molar-refractivity contribution in [2.45, 2.75) is 0 Å². The minimum atomic E-state index is -0.783. The Morgan fingerprint density at radius 1 is 0.872 bits per heavy atom. The van der Waals surface area contributed by atoms with Gasteiger partial charge in [-0.05, 0) is 30.3 Å². The number of hydrogen-bond acceptors (Lipinski definition) is 7. The third kappa shape index (κ3) is 4.88. The number of anilines is 2. The summed E-state index contributed by atoms with van der Waals surface area (Å²) in [4.78, 5) is 44.3. The Labute approximate surface area is 227 Å². The van der Waals surface area contributed by atoms with E-state index in [9.17, 15) is 14.4 Å². The number of nitrogens with zero attached hydrogens (tertiary/aromatic N) is 2. The van der Waals surface area contributed by atoms with Crippen molar-refractivity contribution in [1.29, 1.82) is 0 Å². The van der Waals surface area contributed by atoms with Crippen LogP contribution in [0.2, 0.25) is 0 Å². The molecule has 192 valence electrons. The lowest BCUT2D eigenvalue weighted by Crippen LogP contribution is -2.14. The number of carbonyl (C=O) groups excluding carboxylic acids is 2. The third-order valence-corrected chi connectivity index (χ3v) is 6.37. The SMILES string of the molecule is O=C(Nc1cccc2cc(C(=O)Nc3ccc(Br)cc3-c3nc(=O)o[nH]3)[nH]c12)c1cc(-c2ccccc2)on1. The number of carbonyl (C=O) groups is 2. The number of nitrogens with one attached hydrogen (secondary N) is 4. The van der Waals surface area contributed by atoms with Crippen LogP contribution in [0.4, 0.5) is 11.4 Å². The summed E-state index contributed by atoms with van der Waals surface area (Å²) in [5.74, 6) is -1.05. The van der Waals surface area contributed by atoms with Gasteiger partial charge in [-0.15, -0.1) is 0 Å². The van der Waals surface area contributed by atoms with Crippen LogP contribution < -0.4 is 16.4 Å². The first kappa shape index (κ1) is 24.1. The number of aromatic nitrogens is 4. The summed E-state index contributed by atoms with van der Waals surface area (Å²) in [6.07, 6.45) is 0. The molecule has 0 atom stereocenters. The smallest absolute Gasteiger partial charge is 0.355 e. The van der Waals surface area contributed by atoms with E-state index in [0.29, 0.717) is 38.1 Å². The molecule has 0 aliphatic rings. The zero-order valence-corrected chi connectivity index (χ0v) is 21.4. The van der Waals surface area contributed by atoms with Gasteiger partial charge in [0.2, 0.25) is 0 Å². The number of H-pyrrole nitrogens is 2. The lowest BCUT2D eigenvalue weighted by Gasteiger charge is -2.09.